The Bertz CT molecular complexity index is 533. The van der Waals surface area contributed by atoms with Crippen LogP contribution in [0, 0.1) is 5.92 Å². The highest BCUT2D eigenvalue weighted by molar-refractivity contribution is 5.85. The Morgan fingerprint density at radius 2 is 1.32 bits per heavy atom. The van der Waals surface area contributed by atoms with E-state index in [-0.39, 0.29) is 0 Å². The zero-order valence-corrected chi connectivity index (χ0v) is 14.5. The molecule has 0 saturated carbocycles. The topological polar surface area (TPSA) is 0 Å². The number of rotatable bonds is 10. The normalized spacial score (nSPS) is 11.4. The van der Waals surface area contributed by atoms with E-state index in [1.54, 1.807) is 0 Å². The third-order valence-corrected chi connectivity index (χ3v) is 4.61. The van der Waals surface area contributed by atoms with Gasteiger partial charge in [0.1, 0.15) is 0 Å². The lowest BCUT2D eigenvalue weighted by Gasteiger charge is -2.07. The van der Waals surface area contributed by atoms with E-state index in [0.717, 1.165) is 5.92 Å². The Morgan fingerprint density at radius 3 is 2.09 bits per heavy atom. The zero-order valence-electron chi connectivity index (χ0n) is 14.5. The third kappa shape index (κ3) is 5.83. The molecule has 0 spiro atoms. The van der Waals surface area contributed by atoms with E-state index in [1.807, 2.05) is 0 Å². The van der Waals surface area contributed by atoms with Crippen LogP contribution in [0.3, 0.4) is 0 Å². The van der Waals surface area contributed by atoms with Crippen LogP contribution in [0.5, 0.6) is 0 Å². The van der Waals surface area contributed by atoms with Crippen LogP contribution >= 0.6 is 0 Å². The monoisotopic (exact) mass is 296 g/mol. The van der Waals surface area contributed by atoms with Crippen molar-refractivity contribution < 1.29 is 0 Å². The first-order chi connectivity index (χ1) is 10.8. The van der Waals surface area contributed by atoms with Crippen LogP contribution in [0.4, 0.5) is 0 Å². The Kier molecular flexibility index (Phi) is 7.49. The van der Waals surface area contributed by atoms with Crippen LogP contribution in [-0.4, -0.2) is 0 Å². The molecular formula is C22H32. The Labute approximate surface area is 136 Å². The van der Waals surface area contributed by atoms with Crippen molar-refractivity contribution in [1.82, 2.24) is 0 Å². The predicted octanol–water partition coefficient (Wildman–Crippen LogP) is 7.16. The van der Waals surface area contributed by atoms with E-state index in [9.17, 15) is 0 Å². The Hall–Kier alpha value is -1.30. The molecule has 0 aliphatic rings. The highest BCUT2D eigenvalue weighted by Gasteiger charge is 2.00. The molecule has 0 saturated heterocycles. The van der Waals surface area contributed by atoms with E-state index >= 15 is 0 Å². The fraction of sp³-hybridized carbons (Fsp3) is 0.545. The second-order valence-electron chi connectivity index (χ2n) is 7.05. The van der Waals surface area contributed by atoms with Crippen LogP contribution in [0.2, 0.25) is 0 Å². The van der Waals surface area contributed by atoms with Crippen LogP contribution < -0.4 is 0 Å². The van der Waals surface area contributed by atoms with Gasteiger partial charge in [0, 0.05) is 0 Å². The number of hydrogen-bond donors (Lipinski definition) is 0. The summed E-state index contributed by atoms with van der Waals surface area (Å²) in [6.07, 6.45) is 12.5. The molecule has 2 rings (SSSR count). The lowest BCUT2D eigenvalue weighted by molar-refractivity contribution is 0.509. The Balaban J connectivity index is 1.60. The number of benzene rings is 2. The van der Waals surface area contributed by atoms with Crippen LogP contribution in [0.1, 0.15) is 70.8 Å². The summed E-state index contributed by atoms with van der Waals surface area (Å²) in [5.41, 5.74) is 1.52. The second-order valence-corrected chi connectivity index (χ2v) is 7.05. The number of unbranched alkanes of at least 4 members (excludes halogenated alkanes) is 6. The van der Waals surface area contributed by atoms with E-state index in [2.05, 4.69) is 56.3 Å². The molecular weight excluding hydrogens is 264 g/mol. The number of fused-ring (bicyclic) bond motifs is 1. The fourth-order valence-electron chi connectivity index (χ4n) is 3.26. The van der Waals surface area contributed by atoms with Gasteiger partial charge < -0.3 is 0 Å². The van der Waals surface area contributed by atoms with Gasteiger partial charge in [0.25, 0.3) is 0 Å². The molecule has 0 heterocycles. The first-order valence-electron chi connectivity index (χ1n) is 9.24. The molecule has 0 atom stereocenters. The fourth-order valence-corrected chi connectivity index (χ4v) is 3.26. The first kappa shape index (κ1) is 17.1. The molecule has 120 valence electrons. The largest absolute Gasteiger partial charge is 0.0628 e. The van der Waals surface area contributed by atoms with E-state index < -0.39 is 0 Å². The number of aryl methyl sites for hydroxylation is 1. The van der Waals surface area contributed by atoms with Crippen molar-refractivity contribution in [2.75, 3.05) is 0 Å². The molecule has 0 aliphatic heterocycles. The molecule has 22 heavy (non-hydrogen) atoms. The van der Waals surface area contributed by atoms with Crippen molar-refractivity contribution in [2.45, 2.75) is 71.6 Å². The minimum atomic E-state index is 0.876. The third-order valence-electron chi connectivity index (χ3n) is 4.61. The highest BCUT2D eigenvalue weighted by Crippen LogP contribution is 2.21. The van der Waals surface area contributed by atoms with Crippen molar-refractivity contribution in [2.24, 2.45) is 5.92 Å². The van der Waals surface area contributed by atoms with Gasteiger partial charge in [-0.15, -0.1) is 0 Å². The van der Waals surface area contributed by atoms with Gasteiger partial charge in [-0.2, -0.15) is 0 Å². The summed E-state index contributed by atoms with van der Waals surface area (Å²) >= 11 is 0. The summed E-state index contributed by atoms with van der Waals surface area (Å²) in [5, 5.41) is 2.82. The molecule has 0 nitrogen and oxygen atoms in total. The maximum absolute atomic E-state index is 2.33. The predicted molar refractivity (Wildman–Crippen MR) is 99.4 cm³/mol. The minimum absolute atomic E-state index is 0.876. The average Bonchev–Trinajstić information content (AvgIpc) is 2.53. The zero-order chi connectivity index (χ0) is 15.6. The Morgan fingerprint density at radius 1 is 0.682 bits per heavy atom. The second kappa shape index (κ2) is 9.66. The van der Waals surface area contributed by atoms with Crippen molar-refractivity contribution in [3.05, 3.63) is 48.0 Å². The maximum atomic E-state index is 2.33. The summed E-state index contributed by atoms with van der Waals surface area (Å²) in [6.45, 7) is 4.65. The summed E-state index contributed by atoms with van der Waals surface area (Å²) in [5.74, 6) is 0.876. The van der Waals surface area contributed by atoms with Gasteiger partial charge in [0.05, 0.1) is 0 Å². The van der Waals surface area contributed by atoms with Crippen LogP contribution in [0.25, 0.3) is 10.8 Å². The van der Waals surface area contributed by atoms with Gasteiger partial charge in [0.2, 0.25) is 0 Å². The van der Waals surface area contributed by atoms with E-state index in [4.69, 9.17) is 0 Å². The van der Waals surface area contributed by atoms with Gasteiger partial charge in [-0.3, -0.25) is 0 Å². The van der Waals surface area contributed by atoms with Crippen molar-refractivity contribution in [1.29, 1.82) is 0 Å². The highest BCUT2D eigenvalue weighted by atomic mass is 14.1. The molecule has 2 aromatic rings. The summed E-state index contributed by atoms with van der Waals surface area (Å²) in [4.78, 5) is 0. The summed E-state index contributed by atoms with van der Waals surface area (Å²) in [7, 11) is 0. The average molecular weight is 296 g/mol. The molecule has 0 fully saturated rings. The maximum Gasteiger partial charge on any atom is -0.0152 e. The molecule has 0 radical (unpaired) electrons. The molecule has 2 aromatic carbocycles. The van der Waals surface area contributed by atoms with Gasteiger partial charge in [-0.05, 0) is 35.1 Å². The molecule has 0 aromatic heterocycles. The lowest BCUT2D eigenvalue weighted by Crippen LogP contribution is -1.89. The van der Waals surface area contributed by atoms with E-state index in [0.29, 0.717) is 0 Å². The standard InChI is InChI=1S/C22H32/c1-19(2)13-8-6-4-3-5-7-9-14-20-16-12-17-21-15-10-11-18-22(20)21/h10-12,15-19H,3-9,13-14H2,1-2H3. The molecule has 0 bridgehead atoms. The van der Waals surface area contributed by atoms with Gasteiger partial charge in [-0.25, -0.2) is 0 Å². The van der Waals surface area contributed by atoms with Gasteiger partial charge >= 0.3 is 0 Å². The first-order valence-corrected chi connectivity index (χ1v) is 9.24. The minimum Gasteiger partial charge on any atom is -0.0628 e. The molecule has 0 heteroatoms. The SMILES string of the molecule is CC(C)CCCCCCCCCc1cccc2ccccc12. The van der Waals surface area contributed by atoms with E-state index in [1.165, 1.54) is 74.1 Å². The molecule has 0 unspecified atom stereocenters. The quantitative estimate of drug-likeness (QED) is 0.408. The smallest absolute Gasteiger partial charge is 0.0152 e. The van der Waals surface area contributed by atoms with Crippen molar-refractivity contribution >= 4 is 10.8 Å². The number of hydrogen-bond acceptors (Lipinski definition) is 0. The van der Waals surface area contributed by atoms with Crippen LogP contribution in [-0.2, 0) is 6.42 Å². The molecule has 0 amide bonds. The molecule has 0 aliphatic carbocycles. The van der Waals surface area contributed by atoms with Crippen molar-refractivity contribution in [3.8, 4) is 0 Å². The van der Waals surface area contributed by atoms with Gasteiger partial charge in [0.15, 0.2) is 0 Å². The molecule has 0 N–H and O–H groups in total. The van der Waals surface area contributed by atoms with Crippen molar-refractivity contribution in [3.63, 3.8) is 0 Å². The van der Waals surface area contributed by atoms with Crippen LogP contribution in [0.15, 0.2) is 42.5 Å². The lowest BCUT2D eigenvalue weighted by atomic mass is 9.99. The van der Waals surface area contributed by atoms with Gasteiger partial charge in [-0.1, -0.05) is 101 Å². The summed E-state index contributed by atoms with van der Waals surface area (Å²) < 4.78 is 0. The summed E-state index contributed by atoms with van der Waals surface area (Å²) in [6, 6.07) is 15.5.